The van der Waals surface area contributed by atoms with E-state index in [2.05, 4.69) is 0 Å². The molecule has 0 aromatic heterocycles. The summed E-state index contributed by atoms with van der Waals surface area (Å²) in [5.41, 5.74) is 3.64. The lowest BCUT2D eigenvalue weighted by Gasteiger charge is -2.48. The Bertz CT molecular complexity index is 1240. The highest BCUT2D eigenvalue weighted by atomic mass is 16.5. The van der Waals surface area contributed by atoms with E-state index >= 15 is 0 Å². The second-order valence-electron chi connectivity index (χ2n) is 8.58. The lowest BCUT2D eigenvalue weighted by molar-refractivity contribution is -0.158. The van der Waals surface area contributed by atoms with Gasteiger partial charge in [-0.05, 0) is 34.4 Å². The van der Waals surface area contributed by atoms with Gasteiger partial charge in [0.25, 0.3) is 0 Å². The zero-order valence-electron chi connectivity index (χ0n) is 18.5. The number of aliphatic carboxylic acids is 1. The molecule has 4 aromatic carbocycles. The Labute approximate surface area is 198 Å². The molecule has 4 nitrogen and oxygen atoms in total. The van der Waals surface area contributed by atoms with Crippen LogP contribution in [0.2, 0.25) is 0 Å². The summed E-state index contributed by atoms with van der Waals surface area (Å²) in [6, 6.07) is 36.1. The maximum absolute atomic E-state index is 13.6. The average molecular weight is 449 g/mol. The zero-order valence-corrected chi connectivity index (χ0v) is 18.5. The maximum atomic E-state index is 13.6. The number of hydrogen-bond donors (Lipinski definition) is 1. The minimum absolute atomic E-state index is 0.412. The van der Waals surface area contributed by atoms with Crippen LogP contribution < -0.4 is 4.74 Å². The Balaban J connectivity index is 1.49. The normalized spacial score (nSPS) is 21.3. The van der Waals surface area contributed by atoms with Crippen LogP contribution in [0, 0.1) is 11.8 Å². The highest BCUT2D eigenvalue weighted by Crippen LogP contribution is 2.58. The summed E-state index contributed by atoms with van der Waals surface area (Å²) in [5.74, 6) is -3.11. The number of rotatable bonds is 6. The van der Waals surface area contributed by atoms with Crippen molar-refractivity contribution in [2.24, 2.45) is 11.8 Å². The van der Waals surface area contributed by atoms with Gasteiger partial charge in [0.05, 0.1) is 11.8 Å². The van der Waals surface area contributed by atoms with Crippen LogP contribution in [0.25, 0.3) is 11.1 Å². The van der Waals surface area contributed by atoms with Crippen LogP contribution in [0.15, 0.2) is 115 Å². The van der Waals surface area contributed by atoms with E-state index in [1.807, 2.05) is 109 Å². The molecular formula is C30H24O4. The van der Waals surface area contributed by atoms with Crippen molar-refractivity contribution in [1.29, 1.82) is 0 Å². The molecule has 1 aliphatic carbocycles. The van der Waals surface area contributed by atoms with Gasteiger partial charge in [-0.15, -0.1) is 0 Å². The van der Waals surface area contributed by atoms with Crippen molar-refractivity contribution < 1.29 is 19.4 Å². The molecule has 1 saturated carbocycles. The summed E-state index contributed by atoms with van der Waals surface area (Å²) in [6.07, 6.45) is 0. The third-order valence-electron chi connectivity index (χ3n) is 6.63. The Kier molecular flexibility index (Phi) is 5.96. The summed E-state index contributed by atoms with van der Waals surface area (Å²) < 4.78 is 5.88. The highest BCUT2D eigenvalue weighted by molar-refractivity contribution is 5.86. The number of carbonyl (C=O) groups excluding carboxylic acids is 1. The van der Waals surface area contributed by atoms with E-state index in [4.69, 9.17) is 4.74 Å². The van der Waals surface area contributed by atoms with Gasteiger partial charge < -0.3 is 9.84 Å². The number of esters is 1. The molecule has 2 atom stereocenters. The Hall–Kier alpha value is -4.18. The molecule has 4 aromatic rings. The molecule has 0 radical (unpaired) electrons. The van der Waals surface area contributed by atoms with E-state index in [0.717, 1.165) is 22.3 Å². The van der Waals surface area contributed by atoms with Crippen LogP contribution in [0.4, 0.5) is 0 Å². The minimum Gasteiger partial charge on any atom is -0.481 e. The first-order valence-corrected chi connectivity index (χ1v) is 11.3. The molecule has 4 heteroatoms. The topological polar surface area (TPSA) is 63.6 Å². The van der Waals surface area contributed by atoms with Crippen molar-refractivity contribution in [2.45, 2.75) is 11.8 Å². The monoisotopic (exact) mass is 448 g/mol. The number of carboxylic acid groups (broad SMARTS) is 1. The lowest BCUT2D eigenvalue weighted by Crippen LogP contribution is -2.52. The van der Waals surface area contributed by atoms with Crippen molar-refractivity contribution in [3.05, 3.63) is 126 Å². The van der Waals surface area contributed by atoms with E-state index in [-0.39, 0.29) is 0 Å². The Morgan fingerprint density at radius 1 is 0.588 bits per heavy atom. The van der Waals surface area contributed by atoms with Crippen LogP contribution in [0.3, 0.4) is 0 Å². The van der Waals surface area contributed by atoms with Gasteiger partial charge in [0, 0.05) is 11.8 Å². The van der Waals surface area contributed by atoms with Crippen molar-refractivity contribution in [1.82, 2.24) is 0 Å². The fourth-order valence-electron chi connectivity index (χ4n) is 5.08. The molecule has 1 N–H and O–H groups in total. The SMILES string of the molecule is O=C(O)C1[C@H](c2ccccc2)C(C(=O)Oc2cccc(-c3ccccc3)c2)[C@H]1c1ccccc1. The van der Waals surface area contributed by atoms with E-state index in [9.17, 15) is 14.7 Å². The molecule has 5 rings (SSSR count). The molecule has 0 aliphatic heterocycles. The van der Waals surface area contributed by atoms with Gasteiger partial charge in [-0.1, -0.05) is 103 Å². The summed E-state index contributed by atoms with van der Waals surface area (Å²) >= 11 is 0. The molecule has 0 bridgehead atoms. The molecule has 0 saturated heterocycles. The van der Waals surface area contributed by atoms with E-state index in [1.165, 1.54) is 0 Å². The van der Waals surface area contributed by atoms with E-state index < -0.39 is 35.6 Å². The zero-order chi connectivity index (χ0) is 23.5. The van der Waals surface area contributed by atoms with Crippen molar-refractivity contribution in [2.75, 3.05) is 0 Å². The first-order chi connectivity index (χ1) is 16.6. The van der Waals surface area contributed by atoms with Crippen LogP contribution >= 0.6 is 0 Å². The van der Waals surface area contributed by atoms with Crippen LogP contribution in [0.5, 0.6) is 5.75 Å². The van der Waals surface area contributed by atoms with Gasteiger partial charge in [0.2, 0.25) is 0 Å². The molecule has 1 aliphatic rings. The summed E-state index contributed by atoms with van der Waals surface area (Å²) in [6.45, 7) is 0. The number of ether oxygens (including phenoxy) is 1. The predicted molar refractivity (Wildman–Crippen MR) is 130 cm³/mol. The Morgan fingerprint density at radius 2 is 1.09 bits per heavy atom. The van der Waals surface area contributed by atoms with Gasteiger partial charge >= 0.3 is 11.9 Å². The minimum atomic E-state index is -0.905. The molecule has 0 spiro atoms. The average Bonchev–Trinajstić information content (AvgIpc) is 2.85. The first kappa shape index (κ1) is 21.7. The van der Waals surface area contributed by atoms with Crippen LogP contribution in [0.1, 0.15) is 23.0 Å². The second kappa shape index (κ2) is 9.36. The van der Waals surface area contributed by atoms with Crippen molar-refractivity contribution >= 4 is 11.9 Å². The first-order valence-electron chi connectivity index (χ1n) is 11.3. The fourth-order valence-corrected chi connectivity index (χ4v) is 5.08. The molecule has 0 amide bonds. The van der Waals surface area contributed by atoms with Crippen molar-refractivity contribution in [3.8, 4) is 16.9 Å². The summed E-state index contributed by atoms with van der Waals surface area (Å²) in [4.78, 5) is 25.9. The van der Waals surface area contributed by atoms with Crippen molar-refractivity contribution in [3.63, 3.8) is 0 Å². The number of carboxylic acids is 1. The van der Waals surface area contributed by atoms with E-state index in [1.54, 1.807) is 6.07 Å². The third-order valence-corrected chi connectivity index (χ3v) is 6.63. The molecule has 0 unspecified atom stereocenters. The standard InChI is InChI=1S/C30H24O4/c31-29(32)27-25(21-13-6-2-7-14-21)28(26(27)22-15-8-3-9-16-22)30(33)34-24-18-10-17-23(19-24)20-11-4-1-5-12-20/h1-19,25-28H,(H,31,32)/t25-,26-,27?,28?/m0/s1. The Morgan fingerprint density at radius 3 is 1.62 bits per heavy atom. The van der Waals surface area contributed by atoms with E-state index in [0.29, 0.717) is 5.75 Å². The van der Waals surface area contributed by atoms with Gasteiger partial charge in [0.1, 0.15) is 5.75 Å². The third kappa shape index (κ3) is 4.11. The largest absolute Gasteiger partial charge is 0.481 e. The number of benzene rings is 4. The summed E-state index contributed by atoms with van der Waals surface area (Å²) in [5, 5.41) is 10.1. The van der Waals surface area contributed by atoms with Gasteiger partial charge in [-0.3, -0.25) is 9.59 Å². The van der Waals surface area contributed by atoms with Crippen LogP contribution in [-0.2, 0) is 9.59 Å². The second-order valence-corrected chi connectivity index (χ2v) is 8.58. The van der Waals surface area contributed by atoms with Gasteiger partial charge in [-0.2, -0.15) is 0 Å². The smallest absolute Gasteiger partial charge is 0.315 e. The lowest BCUT2D eigenvalue weighted by atomic mass is 9.52. The van der Waals surface area contributed by atoms with Gasteiger partial charge in [-0.25, -0.2) is 0 Å². The summed E-state index contributed by atoms with van der Waals surface area (Å²) in [7, 11) is 0. The van der Waals surface area contributed by atoms with Crippen LogP contribution in [-0.4, -0.2) is 17.0 Å². The molecule has 1 fully saturated rings. The molecule has 0 heterocycles. The predicted octanol–water partition coefficient (Wildman–Crippen LogP) is 6.16. The number of hydrogen-bond acceptors (Lipinski definition) is 3. The maximum Gasteiger partial charge on any atom is 0.315 e. The highest BCUT2D eigenvalue weighted by Gasteiger charge is 2.59. The molecule has 168 valence electrons. The molecule has 34 heavy (non-hydrogen) atoms. The fraction of sp³-hybridized carbons (Fsp3) is 0.133. The quantitative estimate of drug-likeness (QED) is 0.284. The molecular weight excluding hydrogens is 424 g/mol. The van der Waals surface area contributed by atoms with Gasteiger partial charge in [0.15, 0.2) is 0 Å². The number of carbonyl (C=O) groups is 2.